The first-order chi connectivity index (χ1) is 12.2. The highest BCUT2D eigenvalue weighted by Crippen LogP contribution is 2.37. The molecule has 4 rings (SSSR count). The molecule has 0 aliphatic carbocycles. The lowest BCUT2D eigenvalue weighted by Crippen LogP contribution is -2.26. The molecule has 6 nitrogen and oxygen atoms in total. The lowest BCUT2D eigenvalue weighted by molar-refractivity contribution is 0.575. The average molecular weight is 340 g/mol. The van der Waals surface area contributed by atoms with Gasteiger partial charge in [0.05, 0.1) is 17.8 Å². The maximum atomic E-state index is 14.3. The first kappa shape index (κ1) is 15.8. The summed E-state index contributed by atoms with van der Waals surface area (Å²) >= 11 is 0. The van der Waals surface area contributed by atoms with Crippen molar-refractivity contribution in [3.05, 3.63) is 47.5 Å². The average Bonchev–Trinajstić information content (AvgIpc) is 3.33. The number of anilines is 1. The fraction of sp³-hybridized carbons (Fsp3) is 0.389. The quantitative estimate of drug-likeness (QED) is 0.792. The van der Waals surface area contributed by atoms with Crippen LogP contribution in [0.5, 0.6) is 0 Å². The molecule has 0 bridgehead atoms. The summed E-state index contributed by atoms with van der Waals surface area (Å²) in [4.78, 5) is 2.15. The molecule has 3 aromatic rings. The molecule has 0 radical (unpaired) electrons. The Balaban J connectivity index is 1.72. The zero-order valence-electron chi connectivity index (χ0n) is 14.4. The van der Waals surface area contributed by atoms with Crippen LogP contribution in [0.25, 0.3) is 11.4 Å². The molecule has 1 aliphatic heterocycles. The van der Waals surface area contributed by atoms with Crippen LogP contribution in [0.2, 0.25) is 0 Å². The van der Waals surface area contributed by atoms with E-state index in [1.54, 1.807) is 12.3 Å². The zero-order chi connectivity index (χ0) is 17.4. The van der Waals surface area contributed by atoms with Gasteiger partial charge in [-0.3, -0.25) is 9.67 Å². The first-order valence-corrected chi connectivity index (χ1v) is 8.63. The van der Waals surface area contributed by atoms with Gasteiger partial charge in [-0.1, -0.05) is 25.1 Å². The maximum absolute atomic E-state index is 14.3. The van der Waals surface area contributed by atoms with Gasteiger partial charge in [-0.15, -0.1) is 10.2 Å². The molecule has 3 heterocycles. The van der Waals surface area contributed by atoms with Gasteiger partial charge in [-0.2, -0.15) is 5.10 Å². The Morgan fingerprint density at radius 2 is 2.12 bits per heavy atom. The molecular formula is C18H21FN6. The number of nitrogens with zero attached hydrogens (tertiary/aromatic N) is 5. The van der Waals surface area contributed by atoms with Crippen LogP contribution in [-0.2, 0) is 13.5 Å². The molecule has 1 fully saturated rings. The van der Waals surface area contributed by atoms with Crippen molar-refractivity contribution >= 4 is 5.95 Å². The van der Waals surface area contributed by atoms with E-state index < -0.39 is 0 Å². The monoisotopic (exact) mass is 340 g/mol. The molecular weight excluding hydrogens is 319 g/mol. The number of aromatic nitrogens is 5. The Morgan fingerprint density at radius 3 is 2.92 bits per heavy atom. The van der Waals surface area contributed by atoms with Crippen molar-refractivity contribution in [1.29, 1.82) is 0 Å². The van der Waals surface area contributed by atoms with E-state index in [9.17, 15) is 4.39 Å². The molecule has 2 aromatic heterocycles. The van der Waals surface area contributed by atoms with Gasteiger partial charge in [0.2, 0.25) is 5.95 Å². The lowest BCUT2D eigenvalue weighted by Gasteiger charge is -2.25. The lowest BCUT2D eigenvalue weighted by atomic mass is 10.0. The Labute approximate surface area is 145 Å². The second-order valence-corrected chi connectivity index (χ2v) is 6.37. The summed E-state index contributed by atoms with van der Waals surface area (Å²) in [6, 6.07) is 6.99. The summed E-state index contributed by atoms with van der Waals surface area (Å²) < 4.78 is 16.3. The second-order valence-electron chi connectivity index (χ2n) is 6.37. The second kappa shape index (κ2) is 6.31. The van der Waals surface area contributed by atoms with Gasteiger partial charge in [-0.25, -0.2) is 4.39 Å². The normalized spacial score (nSPS) is 17.4. The highest BCUT2D eigenvalue weighted by Gasteiger charge is 2.31. The third-order valence-corrected chi connectivity index (χ3v) is 4.94. The minimum Gasteiger partial charge on any atom is -0.334 e. The molecule has 130 valence electrons. The maximum Gasteiger partial charge on any atom is 0.227 e. The van der Waals surface area contributed by atoms with Crippen LogP contribution >= 0.6 is 0 Å². The van der Waals surface area contributed by atoms with Crippen molar-refractivity contribution in [2.45, 2.75) is 32.2 Å². The summed E-state index contributed by atoms with van der Waals surface area (Å²) in [6.45, 7) is 2.92. The van der Waals surface area contributed by atoms with Gasteiger partial charge < -0.3 is 4.90 Å². The summed E-state index contributed by atoms with van der Waals surface area (Å²) in [7, 11) is 1.95. The highest BCUT2D eigenvalue weighted by molar-refractivity contribution is 5.60. The molecule has 1 atom stereocenters. The predicted molar refractivity (Wildman–Crippen MR) is 93.7 cm³/mol. The van der Waals surface area contributed by atoms with Crippen molar-refractivity contribution in [3.8, 4) is 11.4 Å². The van der Waals surface area contributed by atoms with Gasteiger partial charge >= 0.3 is 0 Å². The smallest absolute Gasteiger partial charge is 0.227 e. The van der Waals surface area contributed by atoms with E-state index in [0.29, 0.717) is 0 Å². The minimum atomic E-state index is -0.162. The van der Waals surface area contributed by atoms with Crippen LogP contribution in [0.15, 0.2) is 30.5 Å². The van der Waals surface area contributed by atoms with E-state index in [1.807, 2.05) is 23.7 Å². The molecule has 0 spiro atoms. The van der Waals surface area contributed by atoms with Gasteiger partial charge in [0.15, 0.2) is 5.82 Å². The number of nitrogens with one attached hydrogen (secondary N) is 1. The SMILES string of the molecule is CCc1[nH]ncc1-c1nnc(N2CCCC2c2ccccc2F)n1C. The standard InChI is InChI=1S/C18H21FN6/c1-3-15-13(11-20-21-15)17-22-23-18(24(17)2)25-10-6-9-16(25)12-7-4-5-8-14(12)19/h4-5,7-8,11,16H,3,6,9-10H2,1-2H3,(H,20,21). The molecule has 1 unspecified atom stereocenters. The van der Waals surface area contributed by atoms with Gasteiger partial charge in [0.25, 0.3) is 0 Å². The van der Waals surface area contributed by atoms with E-state index >= 15 is 0 Å². The summed E-state index contributed by atoms with van der Waals surface area (Å²) in [6.07, 6.45) is 4.55. The van der Waals surface area contributed by atoms with Crippen LogP contribution < -0.4 is 4.90 Å². The third kappa shape index (κ3) is 2.59. The van der Waals surface area contributed by atoms with Crippen LogP contribution in [0, 0.1) is 5.82 Å². The van der Waals surface area contributed by atoms with Crippen LogP contribution in [-0.4, -0.2) is 31.5 Å². The largest absolute Gasteiger partial charge is 0.334 e. The molecule has 1 N–H and O–H groups in total. The number of H-pyrrole nitrogens is 1. The van der Waals surface area contributed by atoms with E-state index in [0.717, 1.165) is 54.4 Å². The fourth-order valence-corrected chi connectivity index (χ4v) is 3.66. The highest BCUT2D eigenvalue weighted by atomic mass is 19.1. The molecule has 1 aliphatic rings. The molecule has 1 saturated heterocycles. The number of hydrogen-bond donors (Lipinski definition) is 1. The van der Waals surface area contributed by atoms with Crippen molar-refractivity contribution in [2.24, 2.45) is 7.05 Å². The van der Waals surface area contributed by atoms with Crippen molar-refractivity contribution in [3.63, 3.8) is 0 Å². The Hall–Kier alpha value is -2.70. The van der Waals surface area contributed by atoms with Crippen molar-refractivity contribution in [1.82, 2.24) is 25.0 Å². The molecule has 1 aromatic carbocycles. The first-order valence-electron chi connectivity index (χ1n) is 8.63. The van der Waals surface area contributed by atoms with E-state index in [4.69, 9.17) is 0 Å². The Morgan fingerprint density at radius 1 is 1.28 bits per heavy atom. The number of rotatable bonds is 4. The van der Waals surface area contributed by atoms with Crippen molar-refractivity contribution in [2.75, 3.05) is 11.4 Å². The van der Waals surface area contributed by atoms with E-state index in [2.05, 4.69) is 32.2 Å². The number of aromatic amines is 1. The summed E-state index contributed by atoms with van der Waals surface area (Å²) in [5, 5.41) is 15.9. The number of aryl methyl sites for hydroxylation is 1. The van der Waals surface area contributed by atoms with Gasteiger partial charge in [-0.05, 0) is 25.3 Å². The fourth-order valence-electron chi connectivity index (χ4n) is 3.66. The van der Waals surface area contributed by atoms with E-state index in [1.165, 1.54) is 6.07 Å². The Kier molecular flexibility index (Phi) is 3.99. The third-order valence-electron chi connectivity index (χ3n) is 4.94. The number of halogens is 1. The molecule has 7 heteroatoms. The minimum absolute atomic E-state index is 0.00746. The summed E-state index contributed by atoms with van der Waals surface area (Å²) in [5.74, 6) is 1.38. The molecule has 25 heavy (non-hydrogen) atoms. The predicted octanol–water partition coefficient (Wildman–Crippen LogP) is 3.25. The van der Waals surface area contributed by atoms with Crippen LogP contribution in [0.4, 0.5) is 10.3 Å². The topological polar surface area (TPSA) is 62.6 Å². The number of hydrogen-bond acceptors (Lipinski definition) is 4. The molecule has 0 saturated carbocycles. The Bertz CT molecular complexity index is 883. The van der Waals surface area contributed by atoms with Crippen LogP contribution in [0.3, 0.4) is 0 Å². The number of benzene rings is 1. The summed E-state index contributed by atoms with van der Waals surface area (Å²) in [5.41, 5.74) is 2.72. The van der Waals surface area contributed by atoms with Crippen LogP contribution in [0.1, 0.15) is 37.1 Å². The van der Waals surface area contributed by atoms with Crippen molar-refractivity contribution < 1.29 is 4.39 Å². The van der Waals surface area contributed by atoms with Gasteiger partial charge in [0.1, 0.15) is 5.82 Å². The van der Waals surface area contributed by atoms with E-state index in [-0.39, 0.29) is 11.9 Å². The van der Waals surface area contributed by atoms with Gasteiger partial charge in [0, 0.05) is 24.8 Å². The molecule has 0 amide bonds. The zero-order valence-corrected chi connectivity index (χ0v) is 14.4.